The van der Waals surface area contributed by atoms with Gasteiger partial charge in [-0.1, -0.05) is 48.0 Å². The van der Waals surface area contributed by atoms with Crippen molar-refractivity contribution < 1.29 is 8.42 Å². The van der Waals surface area contributed by atoms with Gasteiger partial charge in [0.2, 0.25) is 10.0 Å². The fourth-order valence-electron chi connectivity index (χ4n) is 3.31. The minimum absolute atomic E-state index is 0. The highest BCUT2D eigenvalue weighted by Gasteiger charge is 2.40. The molecule has 2 atom stereocenters. The fourth-order valence-corrected chi connectivity index (χ4v) is 5.27. The molecule has 0 spiro atoms. The standard InChI is InChI=1S/C18H18ClN3O2S.ClH/c19-17-7-4-8-18(15(17)10-21)25(23,24)22-11-14(9-20)16(12-22)13-5-2-1-3-6-13;/h1-8,14,16H,9,11-12,20H2;1H/t14-,16+;/m1./s1. The number of halogens is 2. The molecule has 8 heteroatoms. The minimum Gasteiger partial charge on any atom is -0.330 e. The Morgan fingerprint density at radius 3 is 2.46 bits per heavy atom. The van der Waals surface area contributed by atoms with Crippen molar-refractivity contribution in [3.63, 3.8) is 0 Å². The Morgan fingerprint density at radius 1 is 1.15 bits per heavy atom. The molecule has 0 bridgehead atoms. The zero-order chi connectivity index (χ0) is 18.0. The first-order valence-electron chi connectivity index (χ1n) is 7.92. The van der Waals surface area contributed by atoms with Gasteiger partial charge in [0.25, 0.3) is 0 Å². The Bertz CT molecular complexity index is 914. The van der Waals surface area contributed by atoms with Crippen LogP contribution in [0.2, 0.25) is 5.02 Å². The highest BCUT2D eigenvalue weighted by atomic mass is 35.5. The fraction of sp³-hybridized carbons (Fsp3) is 0.278. The maximum Gasteiger partial charge on any atom is 0.244 e. The molecular formula is C18H19Cl2N3O2S. The summed E-state index contributed by atoms with van der Waals surface area (Å²) < 4.78 is 27.6. The van der Waals surface area contributed by atoms with E-state index in [2.05, 4.69) is 0 Å². The molecule has 138 valence electrons. The lowest BCUT2D eigenvalue weighted by molar-refractivity contribution is 0.459. The summed E-state index contributed by atoms with van der Waals surface area (Å²) in [6.07, 6.45) is 0. The average Bonchev–Trinajstić information content (AvgIpc) is 3.07. The minimum atomic E-state index is -3.82. The second-order valence-electron chi connectivity index (χ2n) is 6.06. The van der Waals surface area contributed by atoms with Crippen LogP contribution in [0.5, 0.6) is 0 Å². The second kappa shape index (κ2) is 8.38. The van der Waals surface area contributed by atoms with E-state index < -0.39 is 10.0 Å². The zero-order valence-electron chi connectivity index (χ0n) is 13.9. The topological polar surface area (TPSA) is 87.2 Å². The largest absolute Gasteiger partial charge is 0.330 e. The number of hydrogen-bond donors (Lipinski definition) is 1. The third-order valence-corrected chi connectivity index (χ3v) is 6.83. The quantitative estimate of drug-likeness (QED) is 0.837. The van der Waals surface area contributed by atoms with E-state index in [-0.39, 0.29) is 39.7 Å². The van der Waals surface area contributed by atoms with Crippen LogP contribution >= 0.6 is 24.0 Å². The first kappa shape index (κ1) is 20.7. The van der Waals surface area contributed by atoms with Crippen molar-refractivity contribution in [2.45, 2.75) is 10.8 Å². The number of benzene rings is 2. The summed E-state index contributed by atoms with van der Waals surface area (Å²) in [6, 6.07) is 16.2. The number of rotatable bonds is 4. The van der Waals surface area contributed by atoms with Gasteiger partial charge in [0, 0.05) is 19.0 Å². The molecule has 1 fully saturated rings. The molecular weight excluding hydrogens is 393 g/mol. The smallest absolute Gasteiger partial charge is 0.244 e. The highest BCUT2D eigenvalue weighted by Crippen LogP contribution is 2.36. The molecule has 1 aliphatic rings. The average molecular weight is 412 g/mol. The first-order chi connectivity index (χ1) is 12.0. The van der Waals surface area contributed by atoms with Crippen molar-refractivity contribution in [1.29, 1.82) is 5.26 Å². The Hall–Kier alpha value is -1.62. The summed E-state index contributed by atoms with van der Waals surface area (Å²) >= 11 is 6.00. The van der Waals surface area contributed by atoms with E-state index in [1.807, 2.05) is 36.4 Å². The Kier molecular flexibility index (Phi) is 6.67. The lowest BCUT2D eigenvalue weighted by Crippen LogP contribution is -2.30. The number of nitriles is 1. The summed E-state index contributed by atoms with van der Waals surface area (Å²) in [5.74, 6) is 0.0626. The zero-order valence-corrected chi connectivity index (χ0v) is 16.3. The molecule has 0 unspecified atom stereocenters. The molecule has 0 amide bonds. The van der Waals surface area contributed by atoms with Gasteiger partial charge in [-0.2, -0.15) is 9.57 Å². The van der Waals surface area contributed by atoms with E-state index in [9.17, 15) is 13.7 Å². The number of hydrogen-bond acceptors (Lipinski definition) is 4. The number of nitrogens with two attached hydrogens (primary N) is 1. The van der Waals surface area contributed by atoms with Crippen molar-refractivity contribution in [2.24, 2.45) is 11.7 Å². The van der Waals surface area contributed by atoms with Crippen molar-refractivity contribution >= 4 is 34.0 Å². The van der Waals surface area contributed by atoms with Gasteiger partial charge >= 0.3 is 0 Å². The van der Waals surface area contributed by atoms with Gasteiger partial charge < -0.3 is 5.73 Å². The van der Waals surface area contributed by atoms with Gasteiger partial charge in [-0.3, -0.25) is 0 Å². The molecule has 1 heterocycles. The lowest BCUT2D eigenvalue weighted by Gasteiger charge is -2.18. The van der Waals surface area contributed by atoms with E-state index in [1.54, 1.807) is 6.07 Å². The van der Waals surface area contributed by atoms with Crippen LogP contribution in [0.3, 0.4) is 0 Å². The van der Waals surface area contributed by atoms with Crippen LogP contribution in [-0.2, 0) is 10.0 Å². The molecule has 26 heavy (non-hydrogen) atoms. The lowest BCUT2D eigenvalue weighted by atomic mass is 9.89. The molecule has 0 aliphatic carbocycles. The molecule has 2 N–H and O–H groups in total. The number of nitrogens with zero attached hydrogens (tertiary/aromatic N) is 2. The van der Waals surface area contributed by atoms with Crippen molar-refractivity contribution in [2.75, 3.05) is 19.6 Å². The molecule has 0 aromatic heterocycles. The van der Waals surface area contributed by atoms with Gasteiger partial charge in [-0.15, -0.1) is 12.4 Å². The maximum atomic E-state index is 13.1. The maximum absolute atomic E-state index is 13.1. The predicted molar refractivity (Wildman–Crippen MR) is 104 cm³/mol. The van der Waals surface area contributed by atoms with Gasteiger partial charge in [0.1, 0.15) is 11.0 Å². The van der Waals surface area contributed by atoms with Crippen LogP contribution in [-0.4, -0.2) is 32.4 Å². The SMILES string of the molecule is Cl.N#Cc1c(Cl)cccc1S(=O)(=O)N1C[C@@H](CN)[C@H](c2ccccc2)C1. The molecule has 2 aromatic rings. The van der Waals surface area contributed by atoms with Crippen LogP contribution in [0.25, 0.3) is 0 Å². The van der Waals surface area contributed by atoms with E-state index in [0.717, 1.165) is 5.56 Å². The molecule has 2 aromatic carbocycles. The second-order valence-corrected chi connectivity index (χ2v) is 8.37. The molecule has 3 rings (SSSR count). The predicted octanol–water partition coefficient (Wildman–Crippen LogP) is 3.00. The van der Waals surface area contributed by atoms with E-state index in [4.69, 9.17) is 17.3 Å². The van der Waals surface area contributed by atoms with Crippen molar-refractivity contribution in [1.82, 2.24) is 4.31 Å². The molecule has 0 saturated carbocycles. The van der Waals surface area contributed by atoms with Crippen LogP contribution in [0.15, 0.2) is 53.4 Å². The van der Waals surface area contributed by atoms with Gasteiger partial charge in [0.05, 0.1) is 10.6 Å². The summed E-state index contributed by atoms with van der Waals surface area (Å²) in [4.78, 5) is -0.0491. The van der Waals surface area contributed by atoms with Gasteiger partial charge in [-0.25, -0.2) is 8.42 Å². The van der Waals surface area contributed by atoms with Crippen LogP contribution in [0.1, 0.15) is 17.0 Å². The Morgan fingerprint density at radius 2 is 1.85 bits per heavy atom. The van der Waals surface area contributed by atoms with E-state index in [1.165, 1.54) is 16.4 Å². The third-order valence-electron chi connectivity index (χ3n) is 4.64. The normalized spacial score (nSPS) is 20.3. The van der Waals surface area contributed by atoms with Crippen molar-refractivity contribution in [3.8, 4) is 6.07 Å². The molecule has 5 nitrogen and oxygen atoms in total. The van der Waals surface area contributed by atoms with E-state index >= 15 is 0 Å². The number of sulfonamides is 1. The molecule has 1 aliphatic heterocycles. The summed E-state index contributed by atoms with van der Waals surface area (Å²) in [5.41, 5.74) is 6.95. The first-order valence-corrected chi connectivity index (χ1v) is 9.74. The van der Waals surface area contributed by atoms with Crippen LogP contribution < -0.4 is 5.73 Å². The van der Waals surface area contributed by atoms with Gasteiger partial charge in [-0.05, 0) is 30.2 Å². The highest BCUT2D eigenvalue weighted by molar-refractivity contribution is 7.89. The van der Waals surface area contributed by atoms with Crippen LogP contribution in [0, 0.1) is 17.2 Å². The third kappa shape index (κ3) is 3.73. The molecule has 1 saturated heterocycles. The molecule has 0 radical (unpaired) electrons. The summed E-state index contributed by atoms with van der Waals surface area (Å²) in [6.45, 7) is 1.06. The Labute approximate surface area is 164 Å². The Balaban J connectivity index is 0.00000243. The van der Waals surface area contributed by atoms with Crippen molar-refractivity contribution in [3.05, 3.63) is 64.7 Å². The van der Waals surface area contributed by atoms with E-state index in [0.29, 0.717) is 19.6 Å². The monoisotopic (exact) mass is 411 g/mol. The van der Waals surface area contributed by atoms with Gasteiger partial charge in [0.15, 0.2) is 0 Å². The van der Waals surface area contributed by atoms with Crippen LogP contribution in [0.4, 0.5) is 0 Å². The summed E-state index contributed by atoms with van der Waals surface area (Å²) in [7, 11) is -3.82. The summed E-state index contributed by atoms with van der Waals surface area (Å²) in [5, 5.41) is 9.43.